The first-order valence-corrected chi connectivity index (χ1v) is 9.79. The van der Waals surface area contributed by atoms with Crippen LogP contribution in [0.15, 0.2) is 40.8 Å². The van der Waals surface area contributed by atoms with Crippen LogP contribution in [0.4, 0.5) is 0 Å². The molecule has 0 saturated carbocycles. The van der Waals surface area contributed by atoms with Gasteiger partial charge in [-0.2, -0.15) is 0 Å². The fraction of sp³-hybridized carbons (Fsp3) is 0.250. The number of hydrogen-bond donors (Lipinski definition) is 1. The van der Waals surface area contributed by atoms with Crippen molar-refractivity contribution in [2.24, 2.45) is 0 Å². The second-order valence-corrected chi connectivity index (χ2v) is 7.43. The van der Waals surface area contributed by atoms with Crippen molar-refractivity contribution in [3.05, 3.63) is 58.9 Å². The third-order valence-electron chi connectivity index (χ3n) is 5.48. The SMILES string of the molecule is C=C(C)[C@H]1Cc2c(ccc(C(=O)c3c(C(=O)OC)oc4cc(OC)c(OC)cc34)c2O)O1. The molecule has 1 atom stereocenters. The number of hydrogen-bond acceptors (Lipinski definition) is 8. The molecule has 0 saturated heterocycles. The molecule has 0 amide bonds. The number of ketones is 1. The number of carbonyl (C=O) groups is 2. The zero-order valence-electron chi connectivity index (χ0n) is 18.1. The third-order valence-corrected chi connectivity index (χ3v) is 5.48. The van der Waals surface area contributed by atoms with E-state index in [2.05, 4.69) is 6.58 Å². The number of phenolic OH excluding ortho intramolecular Hbond substituents is 1. The maximum atomic E-state index is 13.6. The summed E-state index contributed by atoms with van der Waals surface area (Å²) in [6, 6.07) is 6.14. The lowest BCUT2D eigenvalue weighted by molar-refractivity contribution is 0.0564. The molecule has 2 aromatic carbocycles. The minimum atomic E-state index is -0.825. The Bertz CT molecular complexity index is 1270. The van der Waals surface area contributed by atoms with Gasteiger partial charge in [0.05, 0.1) is 32.5 Å². The molecule has 0 aliphatic carbocycles. The molecule has 8 nitrogen and oxygen atoms in total. The van der Waals surface area contributed by atoms with E-state index < -0.39 is 11.8 Å². The number of carbonyl (C=O) groups excluding carboxylic acids is 2. The molecule has 8 heteroatoms. The predicted octanol–water partition coefficient (Wildman–Crippen LogP) is 4.05. The number of ether oxygens (including phenoxy) is 4. The molecule has 1 aliphatic rings. The van der Waals surface area contributed by atoms with Crippen LogP contribution >= 0.6 is 0 Å². The maximum Gasteiger partial charge on any atom is 0.374 e. The van der Waals surface area contributed by atoms with E-state index in [4.69, 9.17) is 23.4 Å². The van der Waals surface area contributed by atoms with Gasteiger partial charge in [0, 0.05) is 23.4 Å². The lowest BCUT2D eigenvalue weighted by atomic mass is 9.95. The summed E-state index contributed by atoms with van der Waals surface area (Å²) in [6.45, 7) is 5.73. The first-order chi connectivity index (χ1) is 15.3. The highest BCUT2D eigenvalue weighted by Crippen LogP contribution is 2.42. The van der Waals surface area contributed by atoms with Gasteiger partial charge in [-0.1, -0.05) is 6.58 Å². The van der Waals surface area contributed by atoms with Crippen molar-refractivity contribution < 1.29 is 38.1 Å². The van der Waals surface area contributed by atoms with Crippen molar-refractivity contribution in [3.63, 3.8) is 0 Å². The summed E-state index contributed by atoms with van der Waals surface area (Å²) in [5.74, 6) is -0.705. The largest absolute Gasteiger partial charge is 0.507 e. The fourth-order valence-corrected chi connectivity index (χ4v) is 3.78. The van der Waals surface area contributed by atoms with Gasteiger partial charge in [0.1, 0.15) is 23.2 Å². The van der Waals surface area contributed by atoms with Crippen molar-refractivity contribution >= 4 is 22.7 Å². The lowest BCUT2D eigenvalue weighted by Crippen LogP contribution is -2.13. The Morgan fingerprint density at radius 3 is 2.44 bits per heavy atom. The molecule has 3 aromatic rings. The molecule has 1 aromatic heterocycles. The average Bonchev–Trinajstić information content (AvgIpc) is 3.39. The van der Waals surface area contributed by atoms with E-state index in [-0.39, 0.29) is 34.3 Å². The van der Waals surface area contributed by atoms with Crippen LogP contribution in [0, 0.1) is 0 Å². The second-order valence-electron chi connectivity index (χ2n) is 7.43. The molecule has 2 heterocycles. The smallest absolute Gasteiger partial charge is 0.374 e. The van der Waals surface area contributed by atoms with Gasteiger partial charge < -0.3 is 28.5 Å². The standard InChI is InChI=1S/C24H22O8/c1-11(2)16-9-14-15(31-16)7-6-12(21(14)25)22(26)20-13-8-18(28-3)19(29-4)10-17(13)32-23(20)24(27)30-5/h6-8,10,16,25H,1,9H2,2-5H3/t16-/m1/s1. The topological polar surface area (TPSA) is 104 Å². The molecule has 0 spiro atoms. The van der Waals surface area contributed by atoms with E-state index in [0.29, 0.717) is 34.6 Å². The average molecular weight is 438 g/mol. The lowest BCUT2D eigenvalue weighted by Gasteiger charge is -2.09. The highest BCUT2D eigenvalue weighted by atomic mass is 16.5. The second kappa shape index (κ2) is 7.96. The minimum absolute atomic E-state index is 0.0114. The zero-order valence-corrected chi connectivity index (χ0v) is 18.1. The molecular weight excluding hydrogens is 416 g/mol. The summed E-state index contributed by atoms with van der Waals surface area (Å²) in [6.07, 6.45) is 0.108. The van der Waals surface area contributed by atoms with Crippen molar-refractivity contribution in [3.8, 4) is 23.0 Å². The summed E-state index contributed by atoms with van der Waals surface area (Å²) >= 11 is 0. The first-order valence-electron chi connectivity index (χ1n) is 9.79. The van der Waals surface area contributed by atoms with Crippen LogP contribution in [0.3, 0.4) is 0 Å². The Morgan fingerprint density at radius 1 is 1.12 bits per heavy atom. The van der Waals surface area contributed by atoms with E-state index in [1.165, 1.54) is 33.5 Å². The van der Waals surface area contributed by atoms with Gasteiger partial charge in [0.25, 0.3) is 0 Å². The minimum Gasteiger partial charge on any atom is -0.507 e. The van der Waals surface area contributed by atoms with E-state index in [0.717, 1.165) is 5.57 Å². The molecule has 0 unspecified atom stereocenters. The molecule has 32 heavy (non-hydrogen) atoms. The quantitative estimate of drug-likeness (QED) is 0.349. The number of methoxy groups -OCH3 is 3. The van der Waals surface area contributed by atoms with Gasteiger partial charge in [-0.3, -0.25) is 4.79 Å². The van der Waals surface area contributed by atoms with Crippen LogP contribution in [-0.4, -0.2) is 44.3 Å². The molecule has 0 radical (unpaired) electrons. The Balaban J connectivity index is 1.90. The number of fused-ring (bicyclic) bond motifs is 2. The Morgan fingerprint density at radius 2 is 1.81 bits per heavy atom. The molecule has 1 aliphatic heterocycles. The van der Waals surface area contributed by atoms with Crippen molar-refractivity contribution in [1.82, 2.24) is 0 Å². The van der Waals surface area contributed by atoms with Crippen LogP contribution in [-0.2, 0) is 11.2 Å². The number of furan rings is 1. The van der Waals surface area contributed by atoms with E-state index in [1.807, 2.05) is 6.92 Å². The normalized spacial score (nSPS) is 14.6. The molecule has 0 fully saturated rings. The maximum absolute atomic E-state index is 13.6. The first kappa shape index (κ1) is 21.3. The summed E-state index contributed by atoms with van der Waals surface area (Å²) in [7, 11) is 4.10. The molecular formula is C24H22O8. The van der Waals surface area contributed by atoms with Gasteiger partial charge >= 0.3 is 5.97 Å². The highest BCUT2D eigenvalue weighted by Gasteiger charge is 2.33. The number of benzene rings is 2. The van der Waals surface area contributed by atoms with Gasteiger partial charge in [0.2, 0.25) is 11.5 Å². The summed E-state index contributed by atoms with van der Waals surface area (Å²) in [5.41, 5.74) is 1.52. The van der Waals surface area contributed by atoms with Gasteiger partial charge in [-0.05, 0) is 30.7 Å². The third kappa shape index (κ3) is 3.24. The Labute approximate surface area is 183 Å². The van der Waals surface area contributed by atoms with Crippen LogP contribution in [0.25, 0.3) is 11.0 Å². The van der Waals surface area contributed by atoms with Crippen LogP contribution in [0.1, 0.15) is 39.0 Å². The van der Waals surface area contributed by atoms with E-state index in [1.54, 1.807) is 12.1 Å². The zero-order chi connectivity index (χ0) is 23.2. The number of esters is 1. The highest BCUT2D eigenvalue weighted by molar-refractivity contribution is 6.22. The summed E-state index contributed by atoms with van der Waals surface area (Å²) in [5, 5.41) is 11.2. The number of phenols is 1. The predicted molar refractivity (Wildman–Crippen MR) is 115 cm³/mol. The van der Waals surface area contributed by atoms with Crippen LogP contribution < -0.4 is 14.2 Å². The molecule has 1 N–H and O–H groups in total. The van der Waals surface area contributed by atoms with Gasteiger partial charge in [0.15, 0.2) is 11.5 Å². The number of aromatic hydroxyl groups is 1. The number of rotatable bonds is 6. The van der Waals surface area contributed by atoms with Crippen LogP contribution in [0.5, 0.6) is 23.0 Å². The molecule has 166 valence electrons. The van der Waals surface area contributed by atoms with E-state index >= 15 is 0 Å². The Kier molecular flexibility index (Phi) is 5.30. The van der Waals surface area contributed by atoms with Crippen LogP contribution in [0.2, 0.25) is 0 Å². The fourth-order valence-electron chi connectivity index (χ4n) is 3.78. The van der Waals surface area contributed by atoms with Crippen molar-refractivity contribution in [2.75, 3.05) is 21.3 Å². The monoisotopic (exact) mass is 438 g/mol. The molecule has 0 bridgehead atoms. The van der Waals surface area contributed by atoms with Gasteiger partial charge in [-0.25, -0.2) is 4.79 Å². The van der Waals surface area contributed by atoms with Crippen molar-refractivity contribution in [2.45, 2.75) is 19.4 Å². The Hall–Kier alpha value is -3.94. The summed E-state index contributed by atoms with van der Waals surface area (Å²) < 4.78 is 26.9. The van der Waals surface area contributed by atoms with Crippen molar-refractivity contribution in [1.29, 1.82) is 0 Å². The van der Waals surface area contributed by atoms with E-state index in [9.17, 15) is 14.7 Å². The summed E-state index contributed by atoms with van der Waals surface area (Å²) in [4.78, 5) is 26.0. The molecule has 4 rings (SSSR count). The van der Waals surface area contributed by atoms with Gasteiger partial charge in [-0.15, -0.1) is 0 Å².